The van der Waals surface area contributed by atoms with Crippen molar-refractivity contribution in [3.05, 3.63) is 12.7 Å². The third-order valence-corrected chi connectivity index (χ3v) is 3.05. The Hall–Kier alpha value is -0.123. The van der Waals surface area contributed by atoms with Crippen LogP contribution in [0.2, 0.25) is 0 Å². The molecule has 0 aliphatic carbocycles. The van der Waals surface area contributed by atoms with Gasteiger partial charge in [0.05, 0.1) is 6.10 Å². The van der Waals surface area contributed by atoms with Crippen LogP contribution in [0.1, 0.15) is 51.9 Å². The number of allylic oxidation sites excluding steroid dienone is 1. The standard InChI is InChI=1S/C13H28O2Si/c1-3-5-6-10-13(9-4-2)14-11-7-8-12-15-16/h3,13H,1,4-12H2,2,16H3. The Kier molecular flexibility index (Phi) is 12.8. The highest BCUT2D eigenvalue weighted by Crippen LogP contribution is 2.12. The number of hydrogen-bond acceptors (Lipinski definition) is 2. The highest BCUT2D eigenvalue weighted by molar-refractivity contribution is 5.97. The predicted octanol–water partition coefficient (Wildman–Crippen LogP) is 2.61. The highest BCUT2D eigenvalue weighted by atomic mass is 28.2. The molecule has 0 N–H and O–H groups in total. The summed E-state index contributed by atoms with van der Waals surface area (Å²) in [5, 5.41) is 0. The molecule has 0 amide bonds. The first kappa shape index (κ1) is 15.9. The molecule has 0 aliphatic heterocycles. The number of rotatable bonds is 12. The van der Waals surface area contributed by atoms with Crippen molar-refractivity contribution in [2.24, 2.45) is 0 Å². The molecule has 3 heteroatoms. The average Bonchev–Trinajstić information content (AvgIpc) is 2.29. The van der Waals surface area contributed by atoms with Gasteiger partial charge >= 0.3 is 0 Å². The van der Waals surface area contributed by atoms with E-state index in [1.807, 2.05) is 6.08 Å². The minimum Gasteiger partial charge on any atom is -0.428 e. The smallest absolute Gasteiger partial charge is 0.145 e. The topological polar surface area (TPSA) is 18.5 Å². The molecule has 16 heavy (non-hydrogen) atoms. The highest BCUT2D eigenvalue weighted by Gasteiger charge is 2.06. The van der Waals surface area contributed by atoms with E-state index < -0.39 is 0 Å². The Morgan fingerprint density at radius 2 is 1.94 bits per heavy atom. The van der Waals surface area contributed by atoms with Crippen molar-refractivity contribution >= 4 is 10.5 Å². The molecule has 1 unspecified atom stereocenters. The molecule has 0 heterocycles. The SMILES string of the molecule is C=CCCCC(CCC)OCCCCO[SiH3]. The molecule has 0 radical (unpaired) electrons. The maximum Gasteiger partial charge on any atom is 0.145 e. The lowest BCUT2D eigenvalue weighted by Gasteiger charge is -2.16. The molecule has 0 aromatic heterocycles. The molecule has 0 rings (SSSR count). The van der Waals surface area contributed by atoms with E-state index in [9.17, 15) is 0 Å². The summed E-state index contributed by atoms with van der Waals surface area (Å²) in [6, 6.07) is 0. The molecular formula is C13H28O2Si. The second-order valence-corrected chi connectivity index (χ2v) is 4.78. The normalized spacial score (nSPS) is 12.8. The summed E-state index contributed by atoms with van der Waals surface area (Å²) in [4.78, 5) is 0. The van der Waals surface area contributed by atoms with Gasteiger partial charge in [0.1, 0.15) is 10.5 Å². The molecule has 0 fully saturated rings. The number of unbranched alkanes of at least 4 members (excludes halogenated alkanes) is 2. The van der Waals surface area contributed by atoms with E-state index in [1.54, 1.807) is 0 Å². The van der Waals surface area contributed by atoms with Crippen molar-refractivity contribution in [3.8, 4) is 0 Å². The van der Waals surface area contributed by atoms with Gasteiger partial charge in [0.25, 0.3) is 0 Å². The van der Waals surface area contributed by atoms with Crippen molar-refractivity contribution in [2.75, 3.05) is 13.2 Å². The Morgan fingerprint density at radius 3 is 2.56 bits per heavy atom. The van der Waals surface area contributed by atoms with Gasteiger partial charge in [-0.2, -0.15) is 0 Å². The Morgan fingerprint density at radius 1 is 1.19 bits per heavy atom. The van der Waals surface area contributed by atoms with E-state index in [1.165, 1.54) is 25.7 Å². The molecule has 2 nitrogen and oxygen atoms in total. The lowest BCUT2D eigenvalue weighted by molar-refractivity contribution is 0.0365. The van der Waals surface area contributed by atoms with Crippen molar-refractivity contribution < 1.29 is 9.16 Å². The zero-order valence-corrected chi connectivity index (χ0v) is 13.0. The zero-order chi connectivity index (χ0) is 12.1. The van der Waals surface area contributed by atoms with Gasteiger partial charge in [-0.15, -0.1) is 6.58 Å². The third-order valence-electron chi connectivity index (χ3n) is 2.64. The van der Waals surface area contributed by atoms with Gasteiger partial charge in [0.15, 0.2) is 0 Å². The molecule has 0 aliphatic rings. The second kappa shape index (κ2) is 12.9. The molecule has 0 bridgehead atoms. The molecule has 0 saturated carbocycles. The first-order valence-corrected chi connectivity index (χ1v) is 7.38. The van der Waals surface area contributed by atoms with Crippen LogP contribution >= 0.6 is 0 Å². The van der Waals surface area contributed by atoms with Crippen LogP contribution in [-0.2, 0) is 9.16 Å². The van der Waals surface area contributed by atoms with Crippen molar-refractivity contribution in [2.45, 2.75) is 58.0 Å². The van der Waals surface area contributed by atoms with Gasteiger partial charge in [0, 0.05) is 13.2 Å². The average molecular weight is 244 g/mol. The van der Waals surface area contributed by atoms with E-state index >= 15 is 0 Å². The summed E-state index contributed by atoms with van der Waals surface area (Å²) >= 11 is 0. The summed E-state index contributed by atoms with van der Waals surface area (Å²) in [7, 11) is 0.856. The summed E-state index contributed by atoms with van der Waals surface area (Å²) < 4.78 is 11.0. The van der Waals surface area contributed by atoms with Gasteiger partial charge < -0.3 is 9.16 Å². The van der Waals surface area contributed by atoms with Crippen LogP contribution in [0.3, 0.4) is 0 Å². The predicted molar refractivity (Wildman–Crippen MR) is 73.8 cm³/mol. The monoisotopic (exact) mass is 244 g/mol. The van der Waals surface area contributed by atoms with Crippen LogP contribution in [0.25, 0.3) is 0 Å². The largest absolute Gasteiger partial charge is 0.428 e. The first-order valence-electron chi connectivity index (χ1n) is 6.56. The van der Waals surface area contributed by atoms with E-state index in [-0.39, 0.29) is 0 Å². The molecule has 0 aromatic rings. The maximum atomic E-state index is 5.90. The zero-order valence-electron chi connectivity index (χ0n) is 11.0. The lowest BCUT2D eigenvalue weighted by Crippen LogP contribution is -2.13. The van der Waals surface area contributed by atoms with Crippen molar-refractivity contribution in [1.82, 2.24) is 0 Å². The van der Waals surface area contributed by atoms with E-state index in [0.717, 1.165) is 43.0 Å². The summed E-state index contributed by atoms with van der Waals surface area (Å²) in [5.74, 6) is 0. The molecule has 0 aromatic carbocycles. The van der Waals surface area contributed by atoms with Gasteiger partial charge in [0.2, 0.25) is 0 Å². The van der Waals surface area contributed by atoms with Gasteiger partial charge in [-0.1, -0.05) is 19.4 Å². The third kappa shape index (κ3) is 10.4. The van der Waals surface area contributed by atoms with E-state index in [4.69, 9.17) is 9.16 Å². The fourth-order valence-corrected chi connectivity index (χ4v) is 2.01. The fraction of sp³-hybridized carbons (Fsp3) is 0.846. The summed E-state index contributed by atoms with van der Waals surface area (Å²) in [6.45, 7) is 7.77. The molecule has 96 valence electrons. The number of ether oxygens (including phenoxy) is 1. The first-order chi connectivity index (χ1) is 7.85. The maximum absolute atomic E-state index is 5.90. The molecule has 1 atom stereocenters. The number of hydrogen-bond donors (Lipinski definition) is 0. The Bertz CT molecular complexity index is 151. The minimum absolute atomic E-state index is 0.460. The van der Waals surface area contributed by atoms with Crippen molar-refractivity contribution in [1.29, 1.82) is 0 Å². The second-order valence-electron chi connectivity index (χ2n) is 4.20. The molecule has 0 saturated heterocycles. The van der Waals surface area contributed by atoms with Crippen LogP contribution in [0.5, 0.6) is 0 Å². The van der Waals surface area contributed by atoms with Crippen LogP contribution in [-0.4, -0.2) is 29.8 Å². The van der Waals surface area contributed by atoms with Crippen LogP contribution in [0.4, 0.5) is 0 Å². The lowest BCUT2D eigenvalue weighted by atomic mass is 10.1. The van der Waals surface area contributed by atoms with Gasteiger partial charge in [-0.25, -0.2) is 0 Å². The van der Waals surface area contributed by atoms with Crippen LogP contribution in [0.15, 0.2) is 12.7 Å². The molecule has 0 spiro atoms. The summed E-state index contributed by atoms with van der Waals surface area (Å²) in [6.07, 6.45) is 10.6. The van der Waals surface area contributed by atoms with E-state index in [2.05, 4.69) is 13.5 Å². The quantitative estimate of drug-likeness (QED) is 0.298. The Labute approximate surface area is 104 Å². The summed E-state index contributed by atoms with van der Waals surface area (Å²) in [5.41, 5.74) is 0. The van der Waals surface area contributed by atoms with Crippen LogP contribution in [0, 0.1) is 0 Å². The molecular weight excluding hydrogens is 216 g/mol. The van der Waals surface area contributed by atoms with E-state index in [0.29, 0.717) is 6.10 Å². The Balaban J connectivity index is 3.46. The minimum atomic E-state index is 0.460. The van der Waals surface area contributed by atoms with Gasteiger partial charge in [-0.05, 0) is 38.5 Å². The fourth-order valence-electron chi connectivity index (χ4n) is 1.72. The van der Waals surface area contributed by atoms with Gasteiger partial charge in [-0.3, -0.25) is 0 Å². The van der Waals surface area contributed by atoms with Crippen molar-refractivity contribution in [3.63, 3.8) is 0 Å². The van der Waals surface area contributed by atoms with Crippen LogP contribution < -0.4 is 0 Å².